The van der Waals surface area contributed by atoms with Crippen LogP contribution in [0.4, 0.5) is 11.9 Å². The van der Waals surface area contributed by atoms with Gasteiger partial charge in [0.1, 0.15) is 0 Å². The first-order valence-corrected chi connectivity index (χ1v) is 6.32. The van der Waals surface area contributed by atoms with Crippen LogP contribution >= 0.6 is 0 Å². The number of nitrogens with one attached hydrogen (secondary N) is 2. The topological polar surface area (TPSA) is 98.0 Å². The summed E-state index contributed by atoms with van der Waals surface area (Å²) < 4.78 is 5.26. The van der Waals surface area contributed by atoms with Crippen LogP contribution in [0.3, 0.4) is 0 Å². The second-order valence-electron chi connectivity index (χ2n) is 4.54. The van der Waals surface area contributed by atoms with Crippen molar-refractivity contribution in [3.63, 3.8) is 0 Å². The van der Waals surface area contributed by atoms with Crippen molar-refractivity contribution in [3.8, 4) is 6.01 Å². The van der Waals surface area contributed by atoms with Crippen molar-refractivity contribution in [2.75, 3.05) is 23.9 Å². The number of hydrazine groups is 1. The Balaban J connectivity index is 1.98. The van der Waals surface area contributed by atoms with E-state index < -0.39 is 0 Å². The minimum Gasteiger partial charge on any atom is -0.464 e. The molecule has 7 heteroatoms. The molecule has 1 fully saturated rings. The predicted molar refractivity (Wildman–Crippen MR) is 69.2 cm³/mol. The minimum atomic E-state index is 0.280. The van der Waals surface area contributed by atoms with Gasteiger partial charge < -0.3 is 10.1 Å². The van der Waals surface area contributed by atoms with Crippen molar-refractivity contribution in [3.05, 3.63) is 0 Å². The van der Waals surface area contributed by atoms with Gasteiger partial charge in [-0.25, -0.2) is 5.84 Å². The van der Waals surface area contributed by atoms with E-state index in [0.717, 1.165) is 12.5 Å². The maximum Gasteiger partial charge on any atom is 0.323 e. The largest absolute Gasteiger partial charge is 0.464 e. The van der Waals surface area contributed by atoms with Crippen LogP contribution in [0.2, 0.25) is 0 Å². The molecule has 1 saturated carbocycles. The van der Waals surface area contributed by atoms with Gasteiger partial charge in [-0.2, -0.15) is 15.0 Å². The van der Waals surface area contributed by atoms with Crippen molar-refractivity contribution in [1.29, 1.82) is 0 Å². The van der Waals surface area contributed by atoms with Gasteiger partial charge >= 0.3 is 6.01 Å². The normalized spacial score (nSPS) is 16.2. The van der Waals surface area contributed by atoms with Gasteiger partial charge in [-0.1, -0.05) is 6.92 Å². The fourth-order valence-corrected chi connectivity index (χ4v) is 1.78. The molecule has 1 unspecified atom stereocenters. The molecule has 0 aliphatic heterocycles. The number of aromatic nitrogens is 3. The Kier molecular flexibility index (Phi) is 4.14. The molecule has 0 amide bonds. The predicted octanol–water partition coefficient (Wildman–Crippen LogP) is 1.01. The van der Waals surface area contributed by atoms with Gasteiger partial charge in [-0.15, -0.1) is 0 Å². The number of hydrogen-bond donors (Lipinski definition) is 3. The quantitative estimate of drug-likeness (QED) is 0.492. The van der Waals surface area contributed by atoms with Gasteiger partial charge in [0, 0.05) is 6.54 Å². The summed E-state index contributed by atoms with van der Waals surface area (Å²) in [5.74, 6) is 7.58. The molecule has 1 aromatic rings. The van der Waals surface area contributed by atoms with E-state index in [-0.39, 0.29) is 6.01 Å². The van der Waals surface area contributed by atoms with Crippen molar-refractivity contribution < 1.29 is 4.74 Å². The smallest absolute Gasteiger partial charge is 0.323 e. The summed E-state index contributed by atoms with van der Waals surface area (Å²) in [4.78, 5) is 12.3. The van der Waals surface area contributed by atoms with Gasteiger partial charge in [-0.05, 0) is 31.6 Å². The van der Waals surface area contributed by atoms with Gasteiger partial charge in [0.2, 0.25) is 11.9 Å². The molecular weight excluding hydrogens is 232 g/mol. The van der Waals surface area contributed by atoms with Crippen LogP contribution in [0.5, 0.6) is 6.01 Å². The summed E-state index contributed by atoms with van der Waals surface area (Å²) >= 11 is 0. The summed E-state index contributed by atoms with van der Waals surface area (Å²) in [5, 5.41) is 3.20. The number of hydrogen-bond acceptors (Lipinski definition) is 7. The Hall–Kier alpha value is -1.63. The van der Waals surface area contributed by atoms with Crippen LogP contribution in [0.25, 0.3) is 0 Å². The summed E-state index contributed by atoms with van der Waals surface area (Å²) in [7, 11) is 0. The van der Waals surface area contributed by atoms with E-state index in [9.17, 15) is 0 Å². The van der Waals surface area contributed by atoms with Crippen molar-refractivity contribution in [2.24, 2.45) is 17.7 Å². The lowest BCUT2D eigenvalue weighted by molar-refractivity contribution is 0.312. The molecule has 0 bridgehead atoms. The second kappa shape index (κ2) is 5.81. The van der Waals surface area contributed by atoms with E-state index >= 15 is 0 Å². The SMILES string of the molecule is CCOc1nc(NN)nc(NCC(C)C2CC2)n1. The molecule has 0 radical (unpaired) electrons. The standard InChI is InChI=1S/C11H20N6O/c1-3-18-11-15-9(14-10(16-11)17-12)13-6-7(2)8-4-5-8/h7-8H,3-6,12H2,1-2H3,(H2,13,14,15,16,17). The van der Waals surface area contributed by atoms with Crippen LogP contribution < -0.4 is 21.3 Å². The molecule has 4 N–H and O–H groups in total. The van der Waals surface area contributed by atoms with Gasteiger partial charge in [0.15, 0.2) is 0 Å². The highest BCUT2D eigenvalue weighted by Gasteiger charge is 2.27. The molecular formula is C11H20N6O. The first kappa shape index (κ1) is 12.8. The molecule has 100 valence electrons. The zero-order valence-electron chi connectivity index (χ0n) is 10.8. The Morgan fingerprint density at radius 1 is 1.33 bits per heavy atom. The minimum absolute atomic E-state index is 0.280. The molecule has 0 aromatic carbocycles. The van der Waals surface area contributed by atoms with Crippen molar-refractivity contribution in [1.82, 2.24) is 15.0 Å². The maximum absolute atomic E-state index is 5.31. The summed E-state index contributed by atoms with van der Waals surface area (Å²) in [6.45, 7) is 5.47. The van der Waals surface area contributed by atoms with E-state index in [1.165, 1.54) is 12.8 Å². The average molecular weight is 252 g/mol. The van der Waals surface area contributed by atoms with Crippen LogP contribution in [-0.4, -0.2) is 28.1 Å². The zero-order chi connectivity index (χ0) is 13.0. The van der Waals surface area contributed by atoms with E-state index in [2.05, 4.69) is 32.6 Å². The average Bonchev–Trinajstić information content (AvgIpc) is 3.20. The third-order valence-corrected chi connectivity index (χ3v) is 3.03. The third kappa shape index (κ3) is 3.43. The van der Waals surface area contributed by atoms with E-state index in [1.54, 1.807) is 0 Å². The molecule has 1 aliphatic carbocycles. The zero-order valence-corrected chi connectivity index (χ0v) is 10.8. The first-order chi connectivity index (χ1) is 8.72. The molecule has 18 heavy (non-hydrogen) atoms. The molecule has 2 rings (SSSR count). The number of nitrogens with zero attached hydrogens (tertiary/aromatic N) is 3. The van der Waals surface area contributed by atoms with Crippen LogP contribution in [-0.2, 0) is 0 Å². The number of nitrogens with two attached hydrogens (primary N) is 1. The molecule has 1 aromatic heterocycles. The highest BCUT2D eigenvalue weighted by atomic mass is 16.5. The number of nitrogen functional groups attached to an aromatic ring is 1. The van der Waals surface area contributed by atoms with Crippen LogP contribution in [0.15, 0.2) is 0 Å². The summed E-state index contributed by atoms with van der Waals surface area (Å²) in [6.07, 6.45) is 2.67. The van der Waals surface area contributed by atoms with E-state index in [1.807, 2.05) is 6.92 Å². The molecule has 7 nitrogen and oxygen atoms in total. The van der Waals surface area contributed by atoms with Gasteiger partial charge in [0.05, 0.1) is 6.61 Å². The Labute approximate surface area is 107 Å². The highest BCUT2D eigenvalue weighted by Crippen LogP contribution is 2.36. The number of ether oxygens (including phenoxy) is 1. The van der Waals surface area contributed by atoms with E-state index in [0.29, 0.717) is 24.4 Å². The third-order valence-electron chi connectivity index (χ3n) is 3.03. The van der Waals surface area contributed by atoms with E-state index in [4.69, 9.17) is 10.6 Å². The highest BCUT2D eigenvalue weighted by molar-refractivity contribution is 5.34. The summed E-state index contributed by atoms with van der Waals surface area (Å²) in [5.41, 5.74) is 2.41. The monoisotopic (exact) mass is 252 g/mol. The fraction of sp³-hybridized carbons (Fsp3) is 0.727. The Morgan fingerprint density at radius 2 is 2.06 bits per heavy atom. The Morgan fingerprint density at radius 3 is 2.67 bits per heavy atom. The fourth-order valence-electron chi connectivity index (χ4n) is 1.78. The number of rotatable bonds is 7. The molecule has 1 aliphatic rings. The second-order valence-corrected chi connectivity index (χ2v) is 4.54. The molecule has 1 heterocycles. The van der Waals surface area contributed by atoms with Crippen LogP contribution in [0, 0.1) is 11.8 Å². The molecule has 0 spiro atoms. The lowest BCUT2D eigenvalue weighted by Crippen LogP contribution is -2.18. The van der Waals surface area contributed by atoms with Gasteiger partial charge in [0.25, 0.3) is 0 Å². The lowest BCUT2D eigenvalue weighted by Gasteiger charge is -2.12. The van der Waals surface area contributed by atoms with Gasteiger partial charge in [-0.3, -0.25) is 5.43 Å². The number of anilines is 2. The first-order valence-electron chi connectivity index (χ1n) is 6.32. The maximum atomic E-state index is 5.31. The summed E-state index contributed by atoms with van der Waals surface area (Å²) in [6, 6.07) is 0.280. The van der Waals surface area contributed by atoms with Crippen molar-refractivity contribution in [2.45, 2.75) is 26.7 Å². The molecule has 0 saturated heterocycles. The Bertz CT molecular complexity index is 395. The molecule has 1 atom stereocenters. The van der Waals surface area contributed by atoms with Crippen LogP contribution in [0.1, 0.15) is 26.7 Å². The van der Waals surface area contributed by atoms with Crippen molar-refractivity contribution >= 4 is 11.9 Å². The lowest BCUT2D eigenvalue weighted by atomic mass is 10.1.